The Morgan fingerprint density at radius 1 is 1.03 bits per heavy atom. The first-order valence-corrected chi connectivity index (χ1v) is 12.9. The van der Waals surface area contributed by atoms with E-state index in [4.69, 9.17) is 0 Å². The summed E-state index contributed by atoms with van der Waals surface area (Å²) in [7, 11) is 0. The molecule has 2 heterocycles. The molecule has 1 aliphatic rings. The van der Waals surface area contributed by atoms with Gasteiger partial charge in [-0.2, -0.15) is 0 Å². The maximum absolute atomic E-state index is 13.2. The summed E-state index contributed by atoms with van der Waals surface area (Å²) in [6, 6.07) is 10.8. The van der Waals surface area contributed by atoms with Crippen LogP contribution in [0.25, 0.3) is 22.2 Å². The zero-order valence-corrected chi connectivity index (χ0v) is 21.2. The van der Waals surface area contributed by atoms with Crippen molar-refractivity contribution in [2.24, 2.45) is 17.8 Å². The molecular weight excluding hydrogens is 404 g/mol. The minimum atomic E-state index is -0.0567. The largest absolute Gasteiger partial charge is 0.354 e. The van der Waals surface area contributed by atoms with Gasteiger partial charge in [-0.05, 0) is 91.7 Å². The van der Waals surface area contributed by atoms with E-state index < -0.39 is 0 Å². The van der Waals surface area contributed by atoms with E-state index in [0.717, 1.165) is 35.0 Å². The number of rotatable bonds is 7. The first kappa shape index (κ1) is 23.7. The van der Waals surface area contributed by atoms with Gasteiger partial charge in [0, 0.05) is 40.7 Å². The van der Waals surface area contributed by atoms with Crippen LogP contribution in [0.1, 0.15) is 95.4 Å². The average Bonchev–Trinajstić information content (AvgIpc) is 3.18. The molecule has 1 N–H and O–H groups in total. The number of benzene rings is 1. The first-order valence-electron chi connectivity index (χ1n) is 12.9. The molecule has 0 radical (unpaired) electrons. The number of carbonyl (C=O) groups is 1. The summed E-state index contributed by atoms with van der Waals surface area (Å²) in [4.78, 5) is 21.2. The number of ketones is 1. The fraction of sp³-hybridized carbons (Fsp3) is 0.533. The van der Waals surface area contributed by atoms with Crippen molar-refractivity contribution < 1.29 is 4.79 Å². The van der Waals surface area contributed by atoms with E-state index in [-0.39, 0.29) is 5.92 Å². The molecule has 4 rings (SSSR count). The summed E-state index contributed by atoms with van der Waals surface area (Å²) in [5.74, 6) is 2.90. The zero-order valence-electron chi connectivity index (χ0n) is 21.2. The van der Waals surface area contributed by atoms with Crippen molar-refractivity contribution >= 4 is 16.7 Å². The quantitative estimate of drug-likeness (QED) is 0.399. The van der Waals surface area contributed by atoms with Crippen molar-refractivity contribution in [3.05, 3.63) is 53.3 Å². The number of pyridine rings is 1. The second-order valence-corrected chi connectivity index (χ2v) is 11.0. The third-order valence-corrected chi connectivity index (χ3v) is 7.93. The summed E-state index contributed by atoms with van der Waals surface area (Å²) in [5, 5.41) is 1.24. The van der Waals surface area contributed by atoms with Gasteiger partial charge in [0.1, 0.15) is 5.78 Å². The smallest absolute Gasteiger partial charge is 0.140 e. The molecular formula is C30H40N2O. The van der Waals surface area contributed by atoms with Gasteiger partial charge in [-0.3, -0.25) is 9.78 Å². The number of hydrogen-bond donors (Lipinski definition) is 1. The maximum Gasteiger partial charge on any atom is 0.140 e. The van der Waals surface area contributed by atoms with E-state index in [9.17, 15) is 4.79 Å². The molecule has 1 unspecified atom stereocenters. The van der Waals surface area contributed by atoms with Gasteiger partial charge in [-0.15, -0.1) is 0 Å². The van der Waals surface area contributed by atoms with Gasteiger partial charge in [-0.25, -0.2) is 0 Å². The van der Waals surface area contributed by atoms with E-state index in [2.05, 4.69) is 74.9 Å². The number of hydrogen-bond acceptors (Lipinski definition) is 2. The van der Waals surface area contributed by atoms with Crippen molar-refractivity contribution in [1.29, 1.82) is 0 Å². The summed E-state index contributed by atoms with van der Waals surface area (Å²) < 4.78 is 0. The monoisotopic (exact) mass is 444 g/mol. The van der Waals surface area contributed by atoms with Gasteiger partial charge in [-0.1, -0.05) is 40.7 Å². The Bertz CT molecular complexity index is 1120. The van der Waals surface area contributed by atoms with Gasteiger partial charge in [0.25, 0.3) is 0 Å². The highest BCUT2D eigenvalue weighted by molar-refractivity contribution is 5.93. The van der Waals surface area contributed by atoms with Crippen molar-refractivity contribution in [3.63, 3.8) is 0 Å². The molecule has 0 aliphatic heterocycles. The van der Waals surface area contributed by atoms with Gasteiger partial charge < -0.3 is 4.98 Å². The lowest BCUT2D eigenvalue weighted by atomic mass is 9.74. The highest BCUT2D eigenvalue weighted by Crippen LogP contribution is 2.38. The lowest BCUT2D eigenvalue weighted by molar-refractivity contribution is -0.121. The van der Waals surface area contributed by atoms with E-state index in [1.54, 1.807) is 0 Å². The van der Waals surface area contributed by atoms with E-state index >= 15 is 0 Å². The molecule has 2 aromatic heterocycles. The van der Waals surface area contributed by atoms with Crippen LogP contribution in [0.5, 0.6) is 0 Å². The van der Waals surface area contributed by atoms with E-state index in [1.807, 2.05) is 13.1 Å². The average molecular weight is 445 g/mol. The first-order chi connectivity index (χ1) is 15.7. The fourth-order valence-corrected chi connectivity index (χ4v) is 5.73. The third kappa shape index (κ3) is 5.08. The number of carbonyl (C=O) groups excluding carboxylic acids is 1. The molecule has 1 atom stereocenters. The Kier molecular flexibility index (Phi) is 7.07. The molecule has 1 fully saturated rings. The number of fused-ring (bicyclic) bond motifs is 1. The number of H-pyrrole nitrogens is 1. The number of aromatic amines is 1. The Labute approximate surface area is 199 Å². The Balaban J connectivity index is 1.57. The Morgan fingerprint density at radius 3 is 2.39 bits per heavy atom. The molecule has 176 valence electrons. The van der Waals surface area contributed by atoms with Gasteiger partial charge in [0.05, 0.1) is 5.69 Å². The second kappa shape index (κ2) is 9.83. The molecule has 1 aliphatic carbocycles. The number of aromatic nitrogens is 2. The van der Waals surface area contributed by atoms with Crippen LogP contribution in [-0.4, -0.2) is 15.8 Å². The SMILES string of the molecule is Cc1cc(-c2[nH]c3ccc(C(C)C(=O)CC4CCC(C(C)C)CC4)cc3c2C(C)C)ccn1. The van der Waals surface area contributed by atoms with Crippen molar-refractivity contribution in [3.8, 4) is 11.3 Å². The van der Waals surface area contributed by atoms with Crippen molar-refractivity contribution in [2.45, 2.75) is 85.5 Å². The molecule has 0 spiro atoms. The minimum absolute atomic E-state index is 0.0567. The number of nitrogens with zero attached hydrogens (tertiary/aromatic N) is 1. The highest BCUT2D eigenvalue weighted by Gasteiger charge is 2.27. The van der Waals surface area contributed by atoms with Crippen LogP contribution < -0.4 is 0 Å². The van der Waals surface area contributed by atoms with Crippen LogP contribution in [0.3, 0.4) is 0 Å². The van der Waals surface area contributed by atoms with Crippen LogP contribution in [0.4, 0.5) is 0 Å². The van der Waals surface area contributed by atoms with E-state index in [1.165, 1.54) is 47.9 Å². The standard InChI is InChI=1S/C30H40N2O/c1-18(2)23-9-7-22(8-10-23)16-28(33)21(6)24-11-12-27-26(17-24)29(19(3)4)30(32-27)25-13-14-31-20(5)15-25/h11-15,17-19,21-23,32H,7-10,16H2,1-6H3. The minimum Gasteiger partial charge on any atom is -0.354 e. The predicted molar refractivity (Wildman–Crippen MR) is 139 cm³/mol. The van der Waals surface area contributed by atoms with Gasteiger partial charge >= 0.3 is 0 Å². The molecule has 1 aromatic carbocycles. The van der Waals surface area contributed by atoms with Crippen LogP contribution in [0.15, 0.2) is 36.5 Å². The van der Waals surface area contributed by atoms with Crippen molar-refractivity contribution in [2.75, 3.05) is 0 Å². The summed E-state index contributed by atoms with van der Waals surface area (Å²) >= 11 is 0. The molecule has 3 aromatic rings. The predicted octanol–water partition coefficient (Wildman–Crippen LogP) is 8.19. The number of nitrogens with one attached hydrogen (secondary N) is 1. The Morgan fingerprint density at radius 2 is 1.76 bits per heavy atom. The second-order valence-electron chi connectivity index (χ2n) is 11.0. The molecule has 1 saturated carbocycles. The maximum atomic E-state index is 13.2. The van der Waals surface area contributed by atoms with Crippen LogP contribution >= 0.6 is 0 Å². The Hall–Kier alpha value is -2.42. The summed E-state index contributed by atoms with van der Waals surface area (Å²) in [6.07, 6.45) is 7.61. The van der Waals surface area contributed by atoms with Crippen LogP contribution in [0, 0.1) is 24.7 Å². The normalized spacial score (nSPS) is 20.0. The van der Waals surface area contributed by atoms with E-state index in [0.29, 0.717) is 17.6 Å². The fourth-order valence-electron chi connectivity index (χ4n) is 5.73. The molecule has 3 heteroatoms. The number of aryl methyl sites for hydroxylation is 1. The third-order valence-electron chi connectivity index (χ3n) is 7.93. The molecule has 0 saturated heterocycles. The highest BCUT2D eigenvalue weighted by atomic mass is 16.1. The summed E-state index contributed by atoms with van der Waals surface area (Å²) in [5.41, 5.74) is 6.96. The molecule has 33 heavy (non-hydrogen) atoms. The topological polar surface area (TPSA) is 45.8 Å². The molecule has 3 nitrogen and oxygen atoms in total. The molecule has 0 bridgehead atoms. The number of Topliss-reactive ketones (excluding diaryl/α,β-unsaturated/α-hetero) is 1. The van der Waals surface area contributed by atoms with Crippen LogP contribution in [-0.2, 0) is 4.79 Å². The summed E-state index contributed by atoms with van der Waals surface area (Å²) in [6.45, 7) is 13.3. The van der Waals surface area contributed by atoms with Crippen molar-refractivity contribution in [1.82, 2.24) is 9.97 Å². The van der Waals surface area contributed by atoms with Gasteiger partial charge in [0.2, 0.25) is 0 Å². The van der Waals surface area contributed by atoms with Gasteiger partial charge in [0.15, 0.2) is 0 Å². The lowest BCUT2D eigenvalue weighted by Crippen LogP contribution is -2.22. The lowest BCUT2D eigenvalue weighted by Gasteiger charge is -2.31. The van der Waals surface area contributed by atoms with Crippen LogP contribution in [0.2, 0.25) is 0 Å². The molecule has 0 amide bonds. The zero-order chi connectivity index (χ0) is 23.7.